The molecule has 0 radical (unpaired) electrons. The number of carbonyl (C=O) groups is 3. The van der Waals surface area contributed by atoms with Crippen LogP contribution in [0.15, 0.2) is 30.0 Å². The fourth-order valence-corrected chi connectivity index (χ4v) is 2.33. The number of Topliss-reactive ketones (excluding diaryl/α,β-unsaturated/α-hetero) is 1. The first-order valence-electron chi connectivity index (χ1n) is 7.24. The van der Waals surface area contributed by atoms with Crippen LogP contribution < -0.4 is 10.6 Å². The van der Waals surface area contributed by atoms with Gasteiger partial charge in [0.2, 0.25) is 5.91 Å². The van der Waals surface area contributed by atoms with Crippen molar-refractivity contribution in [2.24, 2.45) is 5.92 Å². The second kappa shape index (κ2) is 7.81. The van der Waals surface area contributed by atoms with E-state index in [2.05, 4.69) is 16.6 Å². The third-order valence-electron chi connectivity index (χ3n) is 3.42. The highest BCUT2D eigenvalue weighted by atomic mass is 35.5. The molecule has 0 aromatic heterocycles. The van der Waals surface area contributed by atoms with Gasteiger partial charge in [-0.1, -0.05) is 17.5 Å². The Morgan fingerprint density at radius 3 is 2.76 bits per heavy atom. The zero-order chi connectivity index (χ0) is 18.6. The molecule has 1 aliphatic rings. The van der Waals surface area contributed by atoms with Crippen LogP contribution in [0.5, 0.6) is 0 Å². The molecule has 2 rings (SSSR count). The lowest BCUT2D eigenvalue weighted by Crippen LogP contribution is -2.32. The van der Waals surface area contributed by atoms with Gasteiger partial charge in [0, 0.05) is 5.69 Å². The van der Waals surface area contributed by atoms with Gasteiger partial charge in [0.15, 0.2) is 5.76 Å². The molecule has 1 aromatic rings. The molecule has 130 valence electrons. The average Bonchev–Trinajstić information content (AvgIpc) is 2.97. The van der Waals surface area contributed by atoms with Crippen LogP contribution in [0, 0.1) is 24.1 Å². The van der Waals surface area contributed by atoms with Crippen molar-refractivity contribution in [3.05, 3.63) is 40.9 Å². The summed E-state index contributed by atoms with van der Waals surface area (Å²) < 4.78 is 18.4. The Labute approximate surface area is 148 Å². The fraction of sp³-hybridized carbons (Fsp3) is 0.235. The Morgan fingerprint density at radius 2 is 2.12 bits per heavy atom. The van der Waals surface area contributed by atoms with E-state index >= 15 is 0 Å². The van der Waals surface area contributed by atoms with Crippen molar-refractivity contribution in [2.45, 2.75) is 13.0 Å². The van der Waals surface area contributed by atoms with Crippen molar-refractivity contribution in [3.63, 3.8) is 0 Å². The van der Waals surface area contributed by atoms with Crippen molar-refractivity contribution in [1.82, 2.24) is 5.32 Å². The molecule has 1 aromatic carbocycles. The number of anilines is 1. The normalized spacial score (nSPS) is 18.6. The molecule has 0 saturated heterocycles. The molecular weight excluding hydrogens is 351 g/mol. The van der Waals surface area contributed by atoms with Gasteiger partial charge in [-0.05, 0) is 31.2 Å². The van der Waals surface area contributed by atoms with Crippen molar-refractivity contribution >= 4 is 34.9 Å². The van der Waals surface area contributed by atoms with Crippen LogP contribution in [0.25, 0.3) is 0 Å². The second-order valence-electron chi connectivity index (χ2n) is 5.21. The van der Waals surface area contributed by atoms with E-state index in [1.807, 2.05) is 0 Å². The van der Waals surface area contributed by atoms with Crippen molar-refractivity contribution < 1.29 is 23.5 Å². The van der Waals surface area contributed by atoms with Crippen molar-refractivity contribution in [2.75, 3.05) is 11.9 Å². The highest BCUT2D eigenvalue weighted by molar-refractivity contribution is 6.42. The van der Waals surface area contributed by atoms with Crippen LogP contribution in [-0.2, 0) is 19.1 Å². The van der Waals surface area contributed by atoms with E-state index in [0.29, 0.717) is 5.69 Å². The number of hydrogen-bond donors (Lipinski definition) is 2. The van der Waals surface area contributed by atoms with Crippen LogP contribution >= 0.6 is 11.6 Å². The van der Waals surface area contributed by atoms with E-state index in [1.54, 1.807) is 6.92 Å². The molecule has 25 heavy (non-hydrogen) atoms. The Morgan fingerprint density at radius 1 is 1.40 bits per heavy atom. The number of halogens is 2. The number of benzene rings is 1. The summed E-state index contributed by atoms with van der Waals surface area (Å²) in [6.45, 7) is 1.49. The maximum Gasteiger partial charge on any atom is 0.296 e. The molecular formula is C17H14ClFN2O4. The molecule has 8 heteroatoms. The summed E-state index contributed by atoms with van der Waals surface area (Å²) in [6, 6.07) is 3.73. The molecule has 0 fully saturated rings. The number of carbonyl (C=O) groups excluding carboxylic acids is 3. The van der Waals surface area contributed by atoms with E-state index < -0.39 is 35.4 Å². The minimum atomic E-state index is -0.915. The Bertz CT molecular complexity index is 800. The fourth-order valence-electron chi connectivity index (χ4n) is 2.15. The van der Waals surface area contributed by atoms with Crippen molar-refractivity contribution in [1.29, 1.82) is 0 Å². The van der Waals surface area contributed by atoms with Crippen LogP contribution in [0.3, 0.4) is 0 Å². The molecule has 2 amide bonds. The number of hydrogen-bond acceptors (Lipinski definition) is 4. The molecule has 0 bridgehead atoms. The number of ether oxygens (including phenoxy) is 1. The molecule has 6 nitrogen and oxygen atoms in total. The second-order valence-corrected chi connectivity index (χ2v) is 5.62. The topological polar surface area (TPSA) is 84.5 Å². The largest absolute Gasteiger partial charge is 0.486 e. The summed E-state index contributed by atoms with van der Waals surface area (Å²) >= 11 is 5.66. The summed E-state index contributed by atoms with van der Waals surface area (Å²) in [5, 5.41) is 4.64. The predicted octanol–water partition coefficient (Wildman–Crippen LogP) is 1.65. The predicted molar refractivity (Wildman–Crippen MR) is 89.0 cm³/mol. The highest BCUT2D eigenvalue weighted by Crippen LogP contribution is 2.26. The Balaban J connectivity index is 2.08. The lowest BCUT2D eigenvalue weighted by Gasteiger charge is -2.14. The molecule has 1 heterocycles. The minimum Gasteiger partial charge on any atom is -0.486 e. The molecule has 2 unspecified atom stereocenters. The summed E-state index contributed by atoms with van der Waals surface area (Å²) in [6.07, 6.45) is 5.61. The van der Waals surface area contributed by atoms with Crippen molar-refractivity contribution in [3.8, 4) is 12.3 Å². The zero-order valence-electron chi connectivity index (χ0n) is 13.1. The zero-order valence-corrected chi connectivity index (χ0v) is 13.9. The SMILES string of the molecule is C#CCNC(=O)C(=O)C1=CC(C(=O)Nc2ccc(F)c(Cl)c2)C(C)O1. The van der Waals surface area contributed by atoms with E-state index in [1.165, 1.54) is 18.2 Å². The maximum atomic E-state index is 13.1. The first kappa shape index (κ1) is 18.5. The Hall–Kier alpha value is -2.85. The van der Waals surface area contributed by atoms with E-state index in [-0.39, 0.29) is 17.3 Å². The third kappa shape index (κ3) is 4.37. The number of nitrogens with one attached hydrogen (secondary N) is 2. The number of ketones is 1. The minimum absolute atomic E-state index is 0.0946. The van der Waals surface area contributed by atoms with E-state index in [0.717, 1.165) is 6.07 Å². The first-order valence-corrected chi connectivity index (χ1v) is 7.61. The number of amides is 2. The summed E-state index contributed by atoms with van der Waals surface area (Å²) in [4.78, 5) is 35.9. The lowest BCUT2D eigenvalue weighted by molar-refractivity contribution is -0.137. The van der Waals surface area contributed by atoms with Gasteiger partial charge in [0.05, 0.1) is 17.5 Å². The maximum absolute atomic E-state index is 13.1. The molecule has 2 atom stereocenters. The van der Waals surface area contributed by atoms with Gasteiger partial charge in [-0.2, -0.15) is 0 Å². The van der Waals surface area contributed by atoms with E-state index in [4.69, 9.17) is 22.8 Å². The summed E-state index contributed by atoms with van der Waals surface area (Å²) in [5.41, 5.74) is 0.295. The summed E-state index contributed by atoms with van der Waals surface area (Å²) in [5.74, 6) is -1.78. The quantitative estimate of drug-likeness (QED) is 0.614. The lowest BCUT2D eigenvalue weighted by atomic mass is 10.0. The smallest absolute Gasteiger partial charge is 0.296 e. The van der Waals surface area contributed by atoms with Gasteiger partial charge in [-0.25, -0.2) is 4.39 Å². The first-order chi connectivity index (χ1) is 11.8. The Kier molecular flexibility index (Phi) is 5.78. The molecule has 0 aliphatic carbocycles. The third-order valence-corrected chi connectivity index (χ3v) is 3.71. The van der Waals surface area contributed by atoms with Crippen LogP contribution in [0.2, 0.25) is 5.02 Å². The van der Waals surface area contributed by atoms with Gasteiger partial charge in [-0.3, -0.25) is 14.4 Å². The number of rotatable bonds is 5. The van der Waals surface area contributed by atoms with Gasteiger partial charge in [-0.15, -0.1) is 6.42 Å². The number of terminal acetylenes is 1. The van der Waals surface area contributed by atoms with Gasteiger partial charge in [0.25, 0.3) is 11.7 Å². The van der Waals surface area contributed by atoms with Crippen LogP contribution in [0.4, 0.5) is 10.1 Å². The van der Waals surface area contributed by atoms with Gasteiger partial charge in [0.1, 0.15) is 11.9 Å². The molecule has 2 N–H and O–H groups in total. The monoisotopic (exact) mass is 364 g/mol. The summed E-state index contributed by atoms with van der Waals surface area (Å²) in [7, 11) is 0. The molecule has 1 aliphatic heterocycles. The molecule has 0 spiro atoms. The van der Waals surface area contributed by atoms with E-state index in [9.17, 15) is 18.8 Å². The van der Waals surface area contributed by atoms with Crippen LogP contribution in [-0.4, -0.2) is 30.2 Å². The van der Waals surface area contributed by atoms with Gasteiger partial charge >= 0.3 is 0 Å². The molecule has 0 saturated carbocycles. The van der Waals surface area contributed by atoms with Crippen LogP contribution in [0.1, 0.15) is 6.92 Å². The highest BCUT2D eigenvalue weighted by Gasteiger charge is 2.36. The van der Waals surface area contributed by atoms with Gasteiger partial charge < -0.3 is 15.4 Å². The average molecular weight is 365 g/mol. The standard InChI is InChI=1S/C17H14ClFN2O4/c1-3-6-20-17(24)15(22)14-8-11(9(2)25-14)16(23)21-10-4-5-13(19)12(18)7-10/h1,4-5,7-9,11H,6H2,2H3,(H,20,24)(H,21,23).